The molecule has 1 atom stereocenters. The van der Waals surface area contributed by atoms with Crippen molar-refractivity contribution in [2.45, 2.75) is 0 Å². The van der Waals surface area contributed by atoms with Gasteiger partial charge in [0.05, 0.1) is 16.3 Å². The highest BCUT2D eigenvalue weighted by Crippen LogP contribution is 2.16. The number of para-hydroxylation sites is 1. The highest BCUT2D eigenvalue weighted by atomic mass is 32.2. The number of hydrogen-bond acceptors (Lipinski definition) is 5. The molecule has 0 aromatic heterocycles. The maximum Gasteiger partial charge on any atom is 0.342 e. The molecular weight excluding hydrogens is 242 g/mol. The number of carbonyl (C=O) groups is 1. The molecule has 8 nitrogen and oxygen atoms in total. The van der Waals surface area contributed by atoms with Gasteiger partial charge in [0.15, 0.2) is 0 Å². The highest BCUT2D eigenvalue weighted by molar-refractivity contribution is 7.73. The van der Waals surface area contributed by atoms with Crippen molar-refractivity contribution in [3.8, 4) is 0 Å². The first-order valence-corrected chi connectivity index (χ1v) is 4.64. The van der Waals surface area contributed by atoms with Gasteiger partial charge in [0.1, 0.15) is 5.56 Å². The van der Waals surface area contributed by atoms with Gasteiger partial charge in [-0.1, -0.05) is 12.1 Å². The zero-order valence-electron chi connectivity index (χ0n) is 7.60. The summed E-state index contributed by atoms with van der Waals surface area (Å²) in [6.45, 7) is 0. The summed E-state index contributed by atoms with van der Waals surface area (Å²) in [6, 6.07) is 5.21. The van der Waals surface area contributed by atoms with Crippen LogP contribution in [0.2, 0.25) is 0 Å². The molecule has 0 spiro atoms. The van der Waals surface area contributed by atoms with E-state index in [4.69, 9.17) is 18.4 Å². The number of nitrogens with zero attached hydrogens (tertiary/aromatic N) is 1. The van der Waals surface area contributed by atoms with Gasteiger partial charge in [-0.2, -0.15) is 0 Å². The molecular formula is C7H6NO7S-. The lowest BCUT2D eigenvalue weighted by atomic mass is 10.2. The Bertz CT molecular complexity index is 382. The first-order chi connectivity index (χ1) is 7.36. The lowest BCUT2D eigenvalue weighted by Crippen LogP contribution is -2.01. The van der Waals surface area contributed by atoms with E-state index in [1.54, 1.807) is 0 Å². The van der Waals surface area contributed by atoms with Crippen LogP contribution in [0.3, 0.4) is 0 Å². The second-order valence-corrected chi connectivity index (χ2v) is 2.73. The molecule has 1 aromatic carbocycles. The fourth-order valence-electron chi connectivity index (χ4n) is 0.814. The third-order valence-corrected chi connectivity index (χ3v) is 1.33. The topological polar surface area (TPSA) is 141 Å². The van der Waals surface area contributed by atoms with Gasteiger partial charge in [-0.05, 0) is 6.07 Å². The zero-order chi connectivity index (χ0) is 12.7. The number of rotatable bonds is 2. The molecule has 0 aliphatic carbocycles. The summed E-state index contributed by atoms with van der Waals surface area (Å²) in [6.07, 6.45) is 0. The number of aromatic carboxylic acids is 1. The number of nitro groups is 1. The predicted octanol–water partition coefficient (Wildman–Crippen LogP) is 0.631. The molecule has 1 aromatic rings. The SMILES string of the molecule is O=C(O)c1ccccc1[N+](=O)[O-].O=S([O-])O. The summed E-state index contributed by atoms with van der Waals surface area (Å²) in [5.74, 6) is -1.29. The van der Waals surface area contributed by atoms with Gasteiger partial charge in [-0.15, -0.1) is 0 Å². The van der Waals surface area contributed by atoms with Gasteiger partial charge in [-0.3, -0.25) is 10.1 Å². The van der Waals surface area contributed by atoms with Gasteiger partial charge in [0, 0.05) is 6.07 Å². The van der Waals surface area contributed by atoms with E-state index >= 15 is 0 Å². The smallest absolute Gasteiger partial charge is 0.342 e. The fraction of sp³-hybridized carbons (Fsp3) is 0. The number of benzene rings is 1. The normalized spacial score (nSPS) is 10.9. The Morgan fingerprint density at radius 3 is 2.12 bits per heavy atom. The van der Waals surface area contributed by atoms with Gasteiger partial charge in [0.2, 0.25) is 0 Å². The lowest BCUT2D eigenvalue weighted by molar-refractivity contribution is -0.385. The van der Waals surface area contributed by atoms with Crippen molar-refractivity contribution < 1.29 is 28.1 Å². The van der Waals surface area contributed by atoms with E-state index in [-0.39, 0.29) is 11.3 Å². The molecule has 0 amide bonds. The third kappa shape index (κ3) is 5.14. The lowest BCUT2D eigenvalue weighted by Gasteiger charge is -1.94. The van der Waals surface area contributed by atoms with Crippen molar-refractivity contribution in [3.63, 3.8) is 0 Å². The Morgan fingerprint density at radius 1 is 1.38 bits per heavy atom. The Balaban J connectivity index is 0.000000487. The molecule has 88 valence electrons. The Morgan fingerprint density at radius 2 is 1.81 bits per heavy atom. The summed E-state index contributed by atoms with van der Waals surface area (Å²) < 4.78 is 24.1. The standard InChI is InChI=1S/C7H5NO4.H2O3S/c9-7(10)5-3-1-2-4-6(5)8(11)12;1-4(2)3/h1-4H,(H,9,10);(H2,1,2,3)/p-1. The van der Waals surface area contributed by atoms with Crippen LogP contribution < -0.4 is 0 Å². The van der Waals surface area contributed by atoms with Crippen LogP contribution in [0, 0.1) is 10.1 Å². The average Bonchev–Trinajstić information content (AvgIpc) is 2.16. The van der Waals surface area contributed by atoms with Crippen LogP contribution in [0.4, 0.5) is 5.69 Å². The minimum Gasteiger partial charge on any atom is -0.750 e. The Labute approximate surface area is 91.8 Å². The quantitative estimate of drug-likeness (QED) is 0.444. The zero-order valence-corrected chi connectivity index (χ0v) is 8.42. The molecule has 0 saturated carbocycles. The van der Waals surface area contributed by atoms with Gasteiger partial charge in [0.25, 0.3) is 5.69 Å². The molecule has 9 heteroatoms. The van der Waals surface area contributed by atoms with Crippen molar-refractivity contribution in [3.05, 3.63) is 39.9 Å². The molecule has 1 unspecified atom stereocenters. The molecule has 0 aliphatic heterocycles. The first kappa shape index (κ1) is 14.2. The van der Waals surface area contributed by atoms with E-state index in [0.717, 1.165) is 6.07 Å². The van der Waals surface area contributed by atoms with E-state index in [1.165, 1.54) is 18.2 Å². The molecule has 0 bridgehead atoms. The summed E-state index contributed by atoms with van der Waals surface area (Å²) in [7, 11) is 0. The summed E-state index contributed by atoms with van der Waals surface area (Å²) in [5, 5.41) is 18.8. The number of nitro benzene ring substituents is 1. The maximum atomic E-state index is 10.4. The molecule has 0 fully saturated rings. The largest absolute Gasteiger partial charge is 0.750 e. The van der Waals surface area contributed by atoms with Crippen LogP contribution in [0.1, 0.15) is 10.4 Å². The monoisotopic (exact) mass is 248 g/mol. The van der Waals surface area contributed by atoms with Crippen LogP contribution in [0.25, 0.3) is 0 Å². The van der Waals surface area contributed by atoms with Crippen molar-refractivity contribution in [1.82, 2.24) is 0 Å². The third-order valence-electron chi connectivity index (χ3n) is 1.33. The highest BCUT2D eigenvalue weighted by Gasteiger charge is 2.17. The minimum absolute atomic E-state index is 0.289. The Kier molecular flexibility index (Phi) is 5.85. The minimum atomic E-state index is -2.86. The molecule has 0 radical (unpaired) electrons. The molecule has 2 N–H and O–H groups in total. The van der Waals surface area contributed by atoms with Crippen molar-refractivity contribution in [1.29, 1.82) is 0 Å². The van der Waals surface area contributed by atoms with Gasteiger partial charge >= 0.3 is 5.97 Å². The van der Waals surface area contributed by atoms with Crippen molar-refractivity contribution in [2.24, 2.45) is 0 Å². The molecule has 0 aliphatic rings. The van der Waals surface area contributed by atoms with Crippen LogP contribution in [0.5, 0.6) is 0 Å². The predicted molar refractivity (Wildman–Crippen MR) is 51.6 cm³/mol. The van der Waals surface area contributed by atoms with Gasteiger partial charge < -0.3 is 14.2 Å². The van der Waals surface area contributed by atoms with Gasteiger partial charge in [-0.25, -0.2) is 9.00 Å². The van der Waals surface area contributed by atoms with Crippen LogP contribution in [0.15, 0.2) is 24.3 Å². The number of carboxylic acids is 1. The van der Waals surface area contributed by atoms with Crippen molar-refractivity contribution >= 4 is 23.0 Å². The fourth-order valence-corrected chi connectivity index (χ4v) is 0.814. The van der Waals surface area contributed by atoms with Crippen molar-refractivity contribution in [2.75, 3.05) is 0 Å². The van der Waals surface area contributed by atoms with E-state index in [1.807, 2.05) is 0 Å². The summed E-state index contributed by atoms with van der Waals surface area (Å²) >= 11 is -2.86. The van der Waals surface area contributed by atoms with Crippen LogP contribution >= 0.6 is 0 Å². The molecule has 1 rings (SSSR count). The van der Waals surface area contributed by atoms with E-state index in [9.17, 15) is 14.9 Å². The second kappa shape index (κ2) is 6.61. The second-order valence-electron chi connectivity index (χ2n) is 2.30. The van der Waals surface area contributed by atoms with E-state index in [0.29, 0.717) is 0 Å². The van der Waals surface area contributed by atoms with Crippen LogP contribution in [-0.2, 0) is 11.4 Å². The average molecular weight is 248 g/mol. The molecule has 0 saturated heterocycles. The molecule has 0 heterocycles. The molecule has 16 heavy (non-hydrogen) atoms. The Hall–Kier alpha value is -1.84. The summed E-state index contributed by atoms with van der Waals surface area (Å²) in [5.41, 5.74) is -0.674. The number of carboxylic acid groups (broad SMARTS) is 1. The summed E-state index contributed by atoms with van der Waals surface area (Å²) in [4.78, 5) is 20.0. The van der Waals surface area contributed by atoms with Crippen LogP contribution in [-0.4, -0.2) is 29.3 Å². The first-order valence-electron chi connectivity index (χ1n) is 3.61. The maximum absolute atomic E-state index is 10.4. The number of hydrogen-bond donors (Lipinski definition) is 2. The van der Waals surface area contributed by atoms with E-state index in [2.05, 4.69) is 0 Å². The van der Waals surface area contributed by atoms with E-state index < -0.39 is 22.3 Å².